The van der Waals surface area contributed by atoms with Crippen molar-refractivity contribution in [1.82, 2.24) is 4.98 Å². The lowest BCUT2D eigenvalue weighted by molar-refractivity contribution is 0.0590. The average molecular weight is 464 g/mol. The number of rotatable bonds is 7. The molecule has 0 saturated heterocycles. The number of benzene rings is 3. The third-order valence-electron chi connectivity index (χ3n) is 5.12. The zero-order chi connectivity index (χ0) is 22.5. The fourth-order valence-electron chi connectivity index (χ4n) is 3.35. The highest BCUT2D eigenvalue weighted by Crippen LogP contribution is 2.37. The molecule has 1 heterocycles. The summed E-state index contributed by atoms with van der Waals surface area (Å²) in [6, 6.07) is 23.3. The van der Waals surface area contributed by atoms with E-state index in [-0.39, 0.29) is 0 Å². The Balaban J connectivity index is 1.76. The van der Waals surface area contributed by atoms with Gasteiger partial charge in [-0.25, -0.2) is 9.78 Å². The van der Waals surface area contributed by atoms with Gasteiger partial charge in [-0.1, -0.05) is 60.1 Å². The molecule has 3 aromatic carbocycles. The van der Waals surface area contributed by atoms with E-state index in [1.54, 1.807) is 0 Å². The number of fused-ring (bicyclic) bond motifs is 1. The molecule has 0 aliphatic carbocycles. The first kappa shape index (κ1) is 22.2. The minimum absolute atomic E-state index is 0.339. The summed E-state index contributed by atoms with van der Waals surface area (Å²) >= 11 is 7.47. The maximum Gasteiger partial charge on any atom is 0.344 e. The largest absolute Gasteiger partial charge is 0.487 e. The van der Waals surface area contributed by atoms with E-state index in [9.17, 15) is 4.79 Å². The normalized spacial score (nSPS) is 10.8. The zero-order valence-corrected chi connectivity index (χ0v) is 19.4. The van der Waals surface area contributed by atoms with Crippen LogP contribution in [0.3, 0.4) is 0 Å². The van der Waals surface area contributed by atoms with E-state index < -0.39 is 5.97 Å². The van der Waals surface area contributed by atoms with E-state index >= 15 is 0 Å². The van der Waals surface area contributed by atoms with Crippen molar-refractivity contribution in [2.45, 2.75) is 24.3 Å². The Kier molecular flexibility index (Phi) is 6.98. The minimum Gasteiger partial charge on any atom is -0.487 e. The zero-order valence-electron chi connectivity index (χ0n) is 17.8. The van der Waals surface area contributed by atoms with Crippen LogP contribution in [0.4, 0.5) is 0 Å². The van der Waals surface area contributed by atoms with Crippen LogP contribution in [0, 0.1) is 6.92 Å². The Labute approximate surface area is 196 Å². The third kappa shape index (κ3) is 4.90. The molecule has 0 aliphatic heterocycles. The van der Waals surface area contributed by atoms with Crippen molar-refractivity contribution in [3.63, 3.8) is 0 Å². The van der Waals surface area contributed by atoms with Gasteiger partial charge >= 0.3 is 5.97 Å². The monoisotopic (exact) mass is 463 g/mol. The lowest BCUT2D eigenvalue weighted by atomic mass is 10.1. The van der Waals surface area contributed by atoms with E-state index in [0.29, 0.717) is 33.7 Å². The predicted molar refractivity (Wildman–Crippen MR) is 130 cm³/mol. The first-order valence-corrected chi connectivity index (χ1v) is 11.5. The maximum absolute atomic E-state index is 12.9. The van der Waals surface area contributed by atoms with Crippen molar-refractivity contribution in [3.05, 3.63) is 100 Å². The Bertz CT molecular complexity index is 1260. The minimum atomic E-state index is -0.471. The van der Waals surface area contributed by atoms with E-state index in [1.165, 1.54) is 18.9 Å². The summed E-state index contributed by atoms with van der Waals surface area (Å²) in [6.45, 7) is 2.38. The highest BCUT2D eigenvalue weighted by atomic mass is 35.5. The fraction of sp³-hybridized carbons (Fsp3) is 0.154. The first-order valence-electron chi connectivity index (χ1n) is 10.1. The van der Waals surface area contributed by atoms with Crippen LogP contribution in [0.5, 0.6) is 5.75 Å². The molecule has 32 heavy (non-hydrogen) atoms. The molecular weight excluding hydrogens is 442 g/mol. The van der Waals surface area contributed by atoms with Crippen LogP contribution in [-0.2, 0) is 17.1 Å². The molecule has 1 aromatic heterocycles. The lowest BCUT2D eigenvalue weighted by Gasteiger charge is -2.17. The number of pyridine rings is 1. The van der Waals surface area contributed by atoms with Gasteiger partial charge in [0.05, 0.1) is 12.6 Å². The molecule has 6 heteroatoms. The topological polar surface area (TPSA) is 48.4 Å². The molecule has 0 unspecified atom stereocenters. The van der Waals surface area contributed by atoms with Gasteiger partial charge in [-0.05, 0) is 47.9 Å². The van der Waals surface area contributed by atoms with Crippen molar-refractivity contribution < 1.29 is 14.3 Å². The molecule has 0 spiro atoms. The Morgan fingerprint density at radius 2 is 1.72 bits per heavy atom. The molecule has 0 radical (unpaired) electrons. The number of aromatic nitrogens is 1. The molecule has 0 aliphatic rings. The van der Waals surface area contributed by atoms with Crippen molar-refractivity contribution in [2.75, 3.05) is 7.11 Å². The number of halogens is 1. The average Bonchev–Trinajstić information content (AvgIpc) is 2.82. The summed E-state index contributed by atoms with van der Waals surface area (Å²) in [4.78, 5) is 17.6. The standard InChI is InChI=1S/C26H22ClNO3S/c1-17-7-3-4-8-19(17)15-31-24-21-9-5-6-10-22(21)28-25(23(24)26(29)30-2)32-16-18-11-13-20(27)14-12-18/h3-14H,15-16H2,1-2H3. The number of hydrogen-bond acceptors (Lipinski definition) is 5. The number of hydrogen-bond donors (Lipinski definition) is 0. The summed E-state index contributed by atoms with van der Waals surface area (Å²) in [5, 5.41) is 2.03. The van der Waals surface area contributed by atoms with E-state index in [0.717, 1.165) is 27.6 Å². The fourth-order valence-corrected chi connectivity index (χ4v) is 4.46. The molecule has 0 amide bonds. The number of para-hydroxylation sites is 1. The highest BCUT2D eigenvalue weighted by Gasteiger charge is 2.24. The van der Waals surface area contributed by atoms with Gasteiger partial charge in [-0.3, -0.25) is 0 Å². The molecule has 162 valence electrons. The number of nitrogens with zero attached hydrogens (tertiary/aromatic N) is 1. The van der Waals surface area contributed by atoms with Gasteiger partial charge < -0.3 is 9.47 Å². The van der Waals surface area contributed by atoms with Gasteiger partial charge in [-0.2, -0.15) is 0 Å². The molecule has 0 atom stereocenters. The van der Waals surface area contributed by atoms with Crippen LogP contribution >= 0.6 is 23.4 Å². The number of ether oxygens (including phenoxy) is 2. The second-order valence-electron chi connectivity index (χ2n) is 7.26. The number of methoxy groups -OCH3 is 1. The number of carbonyl (C=O) groups excluding carboxylic acids is 1. The van der Waals surface area contributed by atoms with Crippen LogP contribution in [0.1, 0.15) is 27.0 Å². The van der Waals surface area contributed by atoms with Crippen molar-refractivity contribution >= 4 is 40.2 Å². The highest BCUT2D eigenvalue weighted by molar-refractivity contribution is 7.98. The molecule has 0 bridgehead atoms. The molecule has 4 rings (SSSR count). The molecule has 0 fully saturated rings. The van der Waals surface area contributed by atoms with Gasteiger partial charge in [0.25, 0.3) is 0 Å². The van der Waals surface area contributed by atoms with Gasteiger partial charge in [-0.15, -0.1) is 11.8 Å². The van der Waals surface area contributed by atoms with Crippen molar-refractivity contribution in [2.24, 2.45) is 0 Å². The van der Waals surface area contributed by atoms with Crippen LogP contribution in [-0.4, -0.2) is 18.1 Å². The SMILES string of the molecule is COC(=O)c1c(SCc2ccc(Cl)cc2)nc2ccccc2c1OCc1ccccc1C. The number of aryl methyl sites for hydroxylation is 1. The number of thioether (sulfide) groups is 1. The van der Waals surface area contributed by atoms with E-state index in [4.69, 9.17) is 26.1 Å². The molecule has 0 saturated carbocycles. The summed E-state index contributed by atoms with van der Waals surface area (Å²) in [7, 11) is 1.37. The van der Waals surface area contributed by atoms with E-state index in [2.05, 4.69) is 0 Å². The van der Waals surface area contributed by atoms with Gasteiger partial charge in [0.1, 0.15) is 22.9 Å². The molecule has 4 nitrogen and oxygen atoms in total. The second-order valence-corrected chi connectivity index (χ2v) is 8.66. The van der Waals surface area contributed by atoms with Crippen LogP contribution in [0.25, 0.3) is 10.9 Å². The van der Waals surface area contributed by atoms with Gasteiger partial charge in [0.15, 0.2) is 0 Å². The van der Waals surface area contributed by atoms with Crippen molar-refractivity contribution in [3.8, 4) is 5.75 Å². The van der Waals surface area contributed by atoms with Crippen LogP contribution < -0.4 is 4.74 Å². The Morgan fingerprint density at radius 1 is 1.00 bits per heavy atom. The van der Waals surface area contributed by atoms with Crippen LogP contribution in [0.2, 0.25) is 5.02 Å². The third-order valence-corrected chi connectivity index (χ3v) is 6.42. The molecule has 4 aromatic rings. The van der Waals surface area contributed by atoms with Gasteiger partial charge in [0.2, 0.25) is 0 Å². The lowest BCUT2D eigenvalue weighted by Crippen LogP contribution is -2.10. The van der Waals surface area contributed by atoms with Crippen LogP contribution in [0.15, 0.2) is 77.8 Å². The smallest absolute Gasteiger partial charge is 0.344 e. The number of esters is 1. The quantitative estimate of drug-likeness (QED) is 0.221. The first-order chi connectivity index (χ1) is 15.6. The molecular formula is C26H22ClNO3S. The predicted octanol–water partition coefficient (Wildman–Crippen LogP) is 6.85. The Hall–Kier alpha value is -3.02. The summed E-state index contributed by atoms with van der Waals surface area (Å²) < 4.78 is 11.4. The molecule has 0 N–H and O–H groups in total. The summed E-state index contributed by atoms with van der Waals surface area (Å²) in [5.74, 6) is 0.648. The number of carbonyl (C=O) groups is 1. The second kappa shape index (κ2) is 10.1. The van der Waals surface area contributed by atoms with Crippen molar-refractivity contribution in [1.29, 1.82) is 0 Å². The van der Waals surface area contributed by atoms with Gasteiger partial charge in [0, 0.05) is 16.2 Å². The summed E-state index contributed by atoms with van der Waals surface area (Å²) in [6.07, 6.45) is 0. The maximum atomic E-state index is 12.9. The summed E-state index contributed by atoms with van der Waals surface area (Å²) in [5.41, 5.74) is 4.37. The Morgan fingerprint density at radius 3 is 2.47 bits per heavy atom. The van der Waals surface area contributed by atoms with E-state index in [1.807, 2.05) is 79.7 Å².